The van der Waals surface area contributed by atoms with Crippen LogP contribution >= 0.6 is 11.3 Å². The Bertz CT molecular complexity index is 776. The summed E-state index contributed by atoms with van der Waals surface area (Å²) in [5.41, 5.74) is 2.77. The fourth-order valence-electron chi connectivity index (χ4n) is 2.23. The van der Waals surface area contributed by atoms with Crippen LogP contribution in [0.3, 0.4) is 0 Å². The van der Waals surface area contributed by atoms with Crippen molar-refractivity contribution in [2.24, 2.45) is 0 Å². The van der Waals surface area contributed by atoms with Gasteiger partial charge in [0.05, 0.1) is 24.0 Å². The normalized spacial score (nSPS) is 10.6. The molecule has 0 saturated heterocycles. The molecule has 1 aromatic carbocycles. The van der Waals surface area contributed by atoms with Crippen molar-refractivity contribution < 1.29 is 4.79 Å². The van der Waals surface area contributed by atoms with E-state index in [1.807, 2.05) is 37.4 Å². The number of amides is 1. The van der Waals surface area contributed by atoms with Crippen LogP contribution in [0.25, 0.3) is 5.69 Å². The monoisotopic (exact) mass is 311 g/mol. The minimum atomic E-state index is -0.0185. The van der Waals surface area contributed by atoms with E-state index in [-0.39, 0.29) is 5.91 Å². The molecule has 0 aliphatic carbocycles. The lowest BCUT2D eigenvalue weighted by Gasteiger charge is -2.15. The quantitative estimate of drug-likeness (QED) is 0.739. The number of hydrogen-bond acceptors (Lipinski definition) is 3. The number of carbonyl (C=O) groups excluding carboxylic acids is 1. The van der Waals surface area contributed by atoms with Crippen LogP contribution in [0.4, 0.5) is 0 Å². The first-order valence-corrected chi connectivity index (χ1v) is 7.91. The lowest BCUT2D eigenvalue weighted by atomic mass is 10.2. The number of hydrogen-bond donors (Lipinski definition) is 0. The molecule has 0 atom stereocenters. The molecule has 0 unspecified atom stereocenters. The Morgan fingerprint density at radius 2 is 2.05 bits per heavy atom. The fraction of sp³-hybridized carbons (Fsp3) is 0.176. The van der Waals surface area contributed by atoms with E-state index in [0.29, 0.717) is 12.1 Å². The van der Waals surface area contributed by atoms with E-state index in [1.165, 1.54) is 10.4 Å². The van der Waals surface area contributed by atoms with Gasteiger partial charge in [-0.1, -0.05) is 18.2 Å². The van der Waals surface area contributed by atoms with Gasteiger partial charge in [-0.3, -0.25) is 4.79 Å². The molecule has 0 aliphatic rings. The average molecular weight is 311 g/mol. The van der Waals surface area contributed by atoms with Gasteiger partial charge in [-0.05, 0) is 36.1 Å². The molecule has 22 heavy (non-hydrogen) atoms. The second-order valence-corrected chi connectivity index (χ2v) is 6.20. The molecule has 4 nitrogen and oxygen atoms in total. The number of para-hydroxylation sites is 1. The Kier molecular flexibility index (Phi) is 4.06. The molecule has 1 amide bonds. The van der Waals surface area contributed by atoms with E-state index >= 15 is 0 Å². The van der Waals surface area contributed by atoms with Gasteiger partial charge in [0, 0.05) is 18.1 Å². The van der Waals surface area contributed by atoms with Gasteiger partial charge < -0.3 is 4.90 Å². The number of aryl methyl sites for hydroxylation is 1. The van der Waals surface area contributed by atoms with Gasteiger partial charge in [-0.2, -0.15) is 5.10 Å². The van der Waals surface area contributed by atoms with Crippen molar-refractivity contribution in [3.8, 4) is 5.69 Å². The minimum Gasteiger partial charge on any atom is -0.336 e. The van der Waals surface area contributed by atoms with E-state index in [1.54, 1.807) is 33.3 Å². The highest BCUT2D eigenvalue weighted by Gasteiger charge is 2.15. The molecule has 3 rings (SSSR count). The third-order valence-corrected chi connectivity index (χ3v) is 4.55. The SMILES string of the molecule is Cc1ccsc1CN(C)C(=O)c1cnn(-c2ccccc2)c1. The lowest BCUT2D eigenvalue weighted by molar-refractivity contribution is 0.0786. The zero-order chi connectivity index (χ0) is 15.5. The van der Waals surface area contributed by atoms with Crippen molar-refractivity contribution in [1.29, 1.82) is 0 Å². The van der Waals surface area contributed by atoms with Gasteiger partial charge in [-0.15, -0.1) is 11.3 Å². The van der Waals surface area contributed by atoms with Gasteiger partial charge in [0.25, 0.3) is 5.91 Å². The van der Waals surface area contributed by atoms with Gasteiger partial charge in [0.15, 0.2) is 0 Å². The van der Waals surface area contributed by atoms with E-state index in [2.05, 4.69) is 23.5 Å². The zero-order valence-corrected chi connectivity index (χ0v) is 13.4. The molecule has 0 fully saturated rings. The highest BCUT2D eigenvalue weighted by molar-refractivity contribution is 7.10. The van der Waals surface area contributed by atoms with Crippen LogP contribution in [-0.4, -0.2) is 27.6 Å². The van der Waals surface area contributed by atoms with Gasteiger partial charge in [-0.25, -0.2) is 4.68 Å². The Morgan fingerprint density at radius 3 is 2.73 bits per heavy atom. The van der Waals surface area contributed by atoms with E-state index in [0.717, 1.165) is 5.69 Å². The topological polar surface area (TPSA) is 38.1 Å². The molecule has 3 aromatic rings. The number of benzene rings is 1. The first-order chi connectivity index (χ1) is 10.6. The van der Waals surface area contributed by atoms with Crippen LogP contribution in [0.5, 0.6) is 0 Å². The number of carbonyl (C=O) groups is 1. The maximum atomic E-state index is 12.5. The van der Waals surface area contributed by atoms with Gasteiger partial charge >= 0.3 is 0 Å². The highest BCUT2D eigenvalue weighted by Crippen LogP contribution is 2.18. The van der Waals surface area contributed by atoms with Crippen molar-refractivity contribution >= 4 is 17.2 Å². The number of nitrogens with zero attached hydrogens (tertiary/aromatic N) is 3. The molecular formula is C17H17N3OS. The third kappa shape index (κ3) is 2.94. The number of aromatic nitrogens is 2. The van der Waals surface area contributed by atoms with Crippen LogP contribution < -0.4 is 0 Å². The Labute approximate surface area is 133 Å². The highest BCUT2D eigenvalue weighted by atomic mass is 32.1. The van der Waals surface area contributed by atoms with Crippen LogP contribution in [0, 0.1) is 6.92 Å². The summed E-state index contributed by atoms with van der Waals surface area (Å²) in [5.74, 6) is -0.0185. The summed E-state index contributed by atoms with van der Waals surface area (Å²) in [6.45, 7) is 2.69. The summed E-state index contributed by atoms with van der Waals surface area (Å²) in [4.78, 5) is 15.4. The van der Waals surface area contributed by atoms with Crippen LogP contribution in [0.15, 0.2) is 54.2 Å². The third-order valence-electron chi connectivity index (χ3n) is 3.55. The van der Waals surface area contributed by atoms with Crippen LogP contribution in [0.1, 0.15) is 20.8 Å². The second-order valence-electron chi connectivity index (χ2n) is 5.20. The molecule has 0 N–H and O–H groups in total. The van der Waals surface area contributed by atoms with Gasteiger partial charge in [0.2, 0.25) is 0 Å². The van der Waals surface area contributed by atoms with Crippen molar-refractivity contribution in [3.05, 3.63) is 70.2 Å². The van der Waals surface area contributed by atoms with Crippen molar-refractivity contribution in [1.82, 2.24) is 14.7 Å². The van der Waals surface area contributed by atoms with Crippen LogP contribution in [-0.2, 0) is 6.54 Å². The standard InChI is InChI=1S/C17H17N3OS/c1-13-8-9-22-16(13)12-19(2)17(21)14-10-18-20(11-14)15-6-4-3-5-7-15/h3-11H,12H2,1-2H3. The Balaban J connectivity index is 1.75. The summed E-state index contributed by atoms with van der Waals surface area (Å²) in [5, 5.41) is 6.33. The smallest absolute Gasteiger partial charge is 0.257 e. The van der Waals surface area contributed by atoms with Crippen LogP contribution in [0.2, 0.25) is 0 Å². The molecule has 5 heteroatoms. The fourth-order valence-corrected chi connectivity index (χ4v) is 3.19. The van der Waals surface area contributed by atoms with Gasteiger partial charge in [0.1, 0.15) is 0 Å². The molecule has 0 radical (unpaired) electrons. The largest absolute Gasteiger partial charge is 0.336 e. The van der Waals surface area contributed by atoms with E-state index in [4.69, 9.17) is 0 Å². The molecule has 0 bridgehead atoms. The maximum absolute atomic E-state index is 12.5. The summed E-state index contributed by atoms with van der Waals surface area (Å²) in [7, 11) is 1.82. The van der Waals surface area contributed by atoms with Crippen molar-refractivity contribution in [2.75, 3.05) is 7.05 Å². The second kappa shape index (κ2) is 6.15. The Morgan fingerprint density at radius 1 is 1.27 bits per heavy atom. The number of rotatable bonds is 4. The predicted octanol–water partition coefficient (Wildman–Crippen LogP) is 3.51. The van der Waals surface area contributed by atoms with E-state index in [9.17, 15) is 4.79 Å². The predicted molar refractivity (Wildman–Crippen MR) is 88.4 cm³/mol. The maximum Gasteiger partial charge on any atom is 0.257 e. The summed E-state index contributed by atoms with van der Waals surface area (Å²) >= 11 is 1.68. The first-order valence-electron chi connectivity index (χ1n) is 7.03. The molecule has 0 aliphatic heterocycles. The average Bonchev–Trinajstić information content (AvgIpc) is 3.17. The molecule has 112 valence electrons. The molecule has 2 aromatic heterocycles. The zero-order valence-electron chi connectivity index (χ0n) is 12.6. The lowest BCUT2D eigenvalue weighted by Crippen LogP contribution is -2.25. The summed E-state index contributed by atoms with van der Waals surface area (Å²) in [6.07, 6.45) is 3.39. The van der Waals surface area contributed by atoms with Crippen molar-refractivity contribution in [3.63, 3.8) is 0 Å². The molecule has 2 heterocycles. The van der Waals surface area contributed by atoms with E-state index < -0.39 is 0 Å². The molecule has 0 spiro atoms. The summed E-state index contributed by atoms with van der Waals surface area (Å²) < 4.78 is 1.72. The Hall–Kier alpha value is -2.40. The molecule has 0 saturated carbocycles. The minimum absolute atomic E-state index is 0.0185. The first kappa shape index (κ1) is 14.5. The van der Waals surface area contributed by atoms with Crippen molar-refractivity contribution in [2.45, 2.75) is 13.5 Å². The molecular weight excluding hydrogens is 294 g/mol. The summed E-state index contributed by atoms with van der Waals surface area (Å²) in [6, 6.07) is 11.8. The number of thiophene rings is 1.